The highest BCUT2D eigenvalue weighted by molar-refractivity contribution is 14.1. The summed E-state index contributed by atoms with van der Waals surface area (Å²) in [6.07, 6.45) is 0. The molecule has 1 rings (SSSR count). The molecule has 0 saturated carbocycles. The van der Waals surface area contributed by atoms with Gasteiger partial charge in [0.25, 0.3) is 0 Å². The van der Waals surface area contributed by atoms with Gasteiger partial charge in [0.1, 0.15) is 0 Å². The highest BCUT2D eigenvalue weighted by atomic mass is 127. The van der Waals surface area contributed by atoms with Crippen LogP contribution in [0.3, 0.4) is 0 Å². The molecule has 0 bridgehead atoms. The fourth-order valence-corrected chi connectivity index (χ4v) is 4.14. The van der Waals surface area contributed by atoms with Gasteiger partial charge in [-0.15, -0.1) is 0 Å². The minimum atomic E-state index is 0.923. The van der Waals surface area contributed by atoms with E-state index in [0.717, 1.165) is 5.69 Å². The summed E-state index contributed by atoms with van der Waals surface area (Å²) in [7, 11) is 0. The van der Waals surface area contributed by atoms with Crippen molar-refractivity contribution >= 4 is 73.5 Å². The van der Waals surface area contributed by atoms with Crippen LogP contribution in [0.2, 0.25) is 0 Å². The van der Waals surface area contributed by atoms with Crippen molar-refractivity contribution in [1.29, 1.82) is 0 Å². The Morgan fingerprint density at radius 3 is 1.50 bits per heavy atom. The van der Waals surface area contributed by atoms with E-state index in [-0.39, 0.29) is 0 Å². The van der Waals surface area contributed by atoms with Crippen molar-refractivity contribution in [2.24, 2.45) is 0 Å². The third-order valence-electron chi connectivity index (χ3n) is 1.79. The van der Waals surface area contributed by atoms with Gasteiger partial charge >= 0.3 is 0 Å². The summed E-state index contributed by atoms with van der Waals surface area (Å²) in [6.45, 7) is 4.23. The van der Waals surface area contributed by atoms with Crippen LogP contribution >= 0.6 is 67.8 Å². The molecule has 2 N–H and O–H groups in total. The van der Waals surface area contributed by atoms with E-state index in [9.17, 15) is 0 Å². The second-order valence-corrected chi connectivity index (χ2v) is 5.84. The van der Waals surface area contributed by atoms with E-state index in [1.165, 1.54) is 21.8 Å². The molecule has 0 amide bonds. The van der Waals surface area contributed by atoms with Gasteiger partial charge in [-0.25, -0.2) is 0 Å². The van der Waals surface area contributed by atoms with Gasteiger partial charge in [0.15, 0.2) is 0 Å². The highest BCUT2D eigenvalue weighted by Crippen LogP contribution is 2.32. The fraction of sp³-hybridized carbons (Fsp3) is 0.250. The number of benzene rings is 1. The summed E-state index contributed by atoms with van der Waals surface area (Å²) < 4.78 is 3.70. The lowest BCUT2D eigenvalue weighted by Crippen LogP contribution is -2.01. The molecule has 12 heavy (non-hydrogen) atoms. The lowest BCUT2D eigenvalue weighted by atomic mass is 10.1. The van der Waals surface area contributed by atoms with Crippen LogP contribution in [0.5, 0.6) is 0 Å². The molecule has 1 aromatic rings. The summed E-state index contributed by atoms with van der Waals surface area (Å²) in [5.74, 6) is 0. The first-order chi connectivity index (χ1) is 5.46. The molecule has 1 nitrogen and oxygen atoms in total. The topological polar surface area (TPSA) is 26.0 Å². The van der Waals surface area contributed by atoms with E-state index >= 15 is 0 Å². The van der Waals surface area contributed by atoms with E-state index in [1.54, 1.807) is 0 Å². The van der Waals surface area contributed by atoms with Crippen molar-refractivity contribution in [3.05, 3.63) is 21.8 Å². The van der Waals surface area contributed by atoms with Crippen LogP contribution in [0.15, 0.2) is 0 Å². The molecule has 1 aromatic carbocycles. The fourth-order valence-electron chi connectivity index (χ4n) is 0.974. The Morgan fingerprint density at radius 2 is 1.17 bits per heavy atom. The maximum Gasteiger partial charge on any atom is 0.0591 e. The standard InChI is InChI=1S/C8H8I3N/c1-3-5(9)4(2)7(11)8(12)6(3)10/h12H2,1-2H3. The molecule has 0 atom stereocenters. The molecule has 0 aliphatic carbocycles. The summed E-state index contributed by atoms with van der Waals surface area (Å²) in [4.78, 5) is 0. The normalized spacial score (nSPS) is 10.4. The number of anilines is 1. The lowest BCUT2D eigenvalue weighted by Gasteiger charge is -2.11. The number of nitrogen functional groups attached to an aromatic ring is 1. The molecule has 0 saturated heterocycles. The van der Waals surface area contributed by atoms with E-state index in [1.807, 2.05) is 0 Å². The molecule has 0 fully saturated rings. The maximum absolute atomic E-state index is 5.93. The van der Waals surface area contributed by atoms with Crippen LogP contribution in [-0.2, 0) is 0 Å². The predicted octanol–water partition coefficient (Wildman–Crippen LogP) is 3.70. The van der Waals surface area contributed by atoms with Crippen LogP contribution in [0.1, 0.15) is 11.1 Å². The van der Waals surface area contributed by atoms with Gasteiger partial charge in [0, 0.05) is 10.7 Å². The summed E-state index contributed by atoms with van der Waals surface area (Å²) in [5, 5.41) is 0. The Kier molecular flexibility index (Phi) is 3.91. The first-order valence-corrected chi connectivity index (χ1v) is 6.59. The largest absolute Gasteiger partial charge is 0.397 e. The molecule has 0 aliphatic heterocycles. The van der Waals surface area contributed by atoms with Crippen LogP contribution in [0.4, 0.5) is 5.69 Å². The molecule has 0 aromatic heterocycles. The average Bonchev–Trinajstić information content (AvgIpc) is 2.08. The van der Waals surface area contributed by atoms with E-state index in [0.29, 0.717) is 0 Å². The maximum atomic E-state index is 5.93. The molecule has 0 radical (unpaired) electrons. The second kappa shape index (κ2) is 4.16. The molecule has 0 unspecified atom stereocenters. The van der Waals surface area contributed by atoms with Crippen LogP contribution in [0.25, 0.3) is 0 Å². The average molecular weight is 499 g/mol. The smallest absolute Gasteiger partial charge is 0.0591 e. The van der Waals surface area contributed by atoms with Gasteiger partial charge < -0.3 is 5.73 Å². The molecular formula is C8H8I3N. The van der Waals surface area contributed by atoms with Crippen molar-refractivity contribution in [2.75, 3.05) is 5.73 Å². The Morgan fingerprint density at radius 1 is 0.833 bits per heavy atom. The monoisotopic (exact) mass is 499 g/mol. The van der Waals surface area contributed by atoms with Crippen molar-refractivity contribution in [2.45, 2.75) is 13.8 Å². The van der Waals surface area contributed by atoms with E-state index in [2.05, 4.69) is 81.6 Å². The number of halogens is 3. The second-order valence-electron chi connectivity index (χ2n) is 2.61. The Bertz CT molecular complexity index is 229. The molecule has 0 heterocycles. The Labute approximate surface area is 113 Å². The van der Waals surface area contributed by atoms with Gasteiger partial charge in [-0.1, -0.05) is 0 Å². The zero-order valence-corrected chi connectivity index (χ0v) is 13.2. The zero-order chi connectivity index (χ0) is 9.46. The lowest BCUT2D eigenvalue weighted by molar-refractivity contribution is 1.29. The van der Waals surface area contributed by atoms with Gasteiger partial charge in [-0.05, 0) is 92.7 Å². The Hall–Kier alpha value is 1.21. The molecular weight excluding hydrogens is 491 g/mol. The predicted molar refractivity (Wildman–Crippen MR) is 78.5 cm³/mol. The number of hydrogen-bond donors (Lipinski definition) is 1. The Balaban J connectivity index is 3.60. The van der Waals surface area contributed by atoms with Crippen molar-refractivity contribution in [3.8, 4) is 0 Å². The third kappa shape index (κ3) is 1.84. The molecule has 0 spiro atoms. The molecule has 0 aliphatic rings. The summed E-state index contributed by atoms with van der Waals surface area (Å²) in [5.41, 5.74) is 9.45. The minimum Gasteiger partial charge on any atom is -0.397 e. The van der Waals surface area contributed by atoms with Gasteiger partial charge in [0.05, 0.1) is 5.69 Å². The van der Waals surface area contributed by atoms with Crippen molar-refractivity contribution in [1.82, 2.24) is 0 Å². The van der Waals surface area contributed by atoms with Gasteiger partial charge in [0.2, 0.25) is 0 Å². The van der Waals surface area contributed by atoms with Gasteiger partial charge in [-0.2, -0.15) is 0 Å². The van der Waals surface area contributed by atoms with Crippen molar-refractivity contribution < 1.29 is 0 Å². The van der Waals surface area contributed by atoms with Crippen molar-refractivity contribution in [3.63, 3.8) is 0 Å². The van der Waals surface area contributed by atoms with Gasteiger partial charge in [-0.3, -0.25) is 0 Å². The summed E-state index contributed by atoms with van der Waals surface area (Å²) in [6, 6.07) is 0. The van der Waals surface area contributed by atoms with E-state index < -0.39 is 0 Å². The SMILES string of the molecule is Cc1c(I)c(C)c(I)c(N)c1I. The minimum absolute atomic E-state index is 0.923. The molecule has 4 heteroatoms. The van der Waals surface area contributed by atoms with Crippen LogP contribution in [-0.4, -0.2) is 0 Å². The quantitative estimate of drug-likeness (QED) is 0.428. The number of hydrogen-bond acceptors (Lipinski definition) is 1. The number of rotatable bonds is 0. The third-order valence-corrected chi connectivity index (χ3v) is 6.19. The molecule has 66 valence electrons. The van der Waals surface area contributed by atoms with Crippen LogP contribution < -0.4 is 5.73 Å². The highest BCUT2D eigenvalue weighted by Gasteiger charge is 2.11. The first-order valence-electron chi connectivity index (χ1n) is 3.36. The van der Waals surface area contributed by atoms with E-state index in [4.69, 9.17) is 5.73 Å². The number of nitrogens with two attached hydrogens (primary N) is 1. The summed E-state index contributed by atoms with van der Waals surface area (Å²) >= 11 is 6.98. The zero-order valence-electron chi connectivity index (χ0n) is 6.71. The first kappa shape index (κ1) is 11.3. The van der Waals surface area contributed by atoms with Crippen LogP contribution in [0, 0.1) is 24.6 Å².